The predicted molar refractivity (Wildman–Crippen MR) is 174 cm³/mol. The van der Waals surface area contributed by atoms with Crippen LogP contribution in [0, 0.1) is 0 Å². The normalized spacial score (nSPS) is 16.5. The number of aromatic amines is 1. The van der Waals surface area contributed by atoms with Gasteiger partial charge in [0.15, 0.2) is 11.6 Å². The van der Waals surface area contributed by atoms with Crippen LogP contribution in [-0.4, -0.2) is 103 Å². The van der Waals surface area contributed by atoms with E-state index in [4.69, 9.17) is 32.9 Å². The molecule has 7 rings (SSSR count). The highest BCUT2D eigenvalue weighted by Crippen LogP contribution is 2.39. The maximum atomic E-state index is 13.1. The average Bonchev–Trinajstić information content (AvgIpc) is 3.50. The van der Waals surface area contributed by atoms with Crippen molar-refractivity contribution in [3.63, 3.8) is 0 Å². The van der Waals surface area contributed by atoms with Gasteiger partial charge >= 0.3 is 5.65 Å². The van der Waals surface area contributed by atoms with Gasteiger partial charge in [0.1, 0.15) is 35.5 Å². The van der Waals surface area contributed by atoms with E-state index in [2.05, 4.69) is 43.0 Å². The molecule has 0 bridgehead atoms. The van der Waals surface area contributed by atoms with Gasteiger partial charge in [0.25, 0.3) is 0 Å². The van der Waals surface area contributed by atoms with E-state index in [1.165, 1.54) is 6.33 Å². The first-order valence-electron chi connectivity index (χ1n) is 14.6. The first kappa shape index (κ1) is 30.6. The number of anilines is 3. The van der Waals surface area contributed by atoms with Crippen molar-refractivity contribution in [2.75, 3.05) is 56.0 Å². The second-order valence-electron chi connectivity index (χ2n) is 11.1. The lowest BCUT2D eigenvalue weighted by atomic mass is 10.1. The summed E-state index contributed by atoms with van der Waals surface area (Å²) in [7, 11) is 0. The molecule has 0 unspecified atom stereocenters. The number of carbonyl (C=O) groups excluding carboxylic acids is 1. The summed E-state index contributed by atoms with van der Waals surface area (Å²) in [5.74, 6) is 1.83. The highest BCUT2D eigenvalue weighted by molar-refractivity contribution is 7.81. The highest BCUT2D eigenvalue weighted by atomic mass is 35.5. The molecule has 2 aliphatic rings. The fraction of sp³-hybridized carbons (Fsp3) is 0.345. The summed E-state index contributed by atoms with van der Waals surface area (Å²) in [5, 5.41) is 6.67. The first-order valence-corrected chi connectivity index (χ1v) is 15.9. The zero-order valence-corrected chi connectivity index (χ0v) is 26.8. The number of amides is 1. The van der Waals surface area contributed by atoms with Crippen LogP contribution < -0.4 is 19.5 Å². The minimum Gasteiger partial charge on any atom is -0.454 e. The number of hydrogen-bond acceptors (Lipinski definition) is 11. The van der Waals surface area contributed by atoms with Crippen LogP contribution in [0.3, 0.4) is 0 Å². The molecule has 13 nitrogen and oxygen atoms in total. The third kappa shape index (κ3) is 6.58. The Morgan fingerprint density at radius 2 is 1.91 bits per heavy atom. The summed E-state index contributed by atoms with van der Waals surface area (Å²) >= 11 is 17.8. The van der Waals surface area contributed by atoms with E-state index in [9.17, 15) is 9.18 Å². The third-order valence-electron chi connectivity index (χ3n) is 7.85. The van der Waals surface area contributed by atoms with E-state index in [0.717, 1.165) is 0 Å². The van der Waals surface area contributed by atoms with Crippen molar-refractivity contribution < 1.29 is 18.4 Å². The van der Waals surface area contributed by atoms with E-state index in [0.29, 0.717) is 108 Å². The number of piperazine rings is 1. The molecule has 1 amide bonds. The van der Waals surface area contributed by atoms with Gasteiger partial charge in [-0.25, -0.2) is 24.3 Å². The molecule has 4 aromatic heterocycles. The van der Waals surface area contributed by atoms with Gasteiger partial charge in [0.05, 0.1) is 22.3 Å². The van der Waals surface area contributed by atoms with Gasteiger partial charge in [-0.2, -0.15) is 17.7 Å². The highest BCUT2D eigenvalue weighted by Gasteiger charge is 2.29. The van der Waals surface area contributed by atoms with Crippen molar-refractivity contribution in [2.45, 2.75) is 17.8 Å². The van der Waals surface area contributed by atoms with E-state index in [1.54, 1.807) is 47.5 Å². The Kier molecular flexibility index (Phi) is 8.64. The van der Waals surface area contributed by atoms with Gasteiger partial charge < -0.3 is 19.9 Å². The quantitative estimate of drug-likeness (QED) is 0.156. The van der Waals surface area contributed by atoms with Gasteiger partial charge in [-0.3, -0.25) is 9.69 Å². The lowest BCUT2D eigenvalue weighted by Crippen LogP contribution is -2.52. The van der Waals surface area contributed by atoms with Crippen LogP contribution in [0.25, 0.3) is 16.7 Å². The van der Waals surface area contributed by atoms with Crippen LogP contribution in [0.1, 0.15) is 6.42 Å². The van der Waals surface area contributed by atoms with Crippen molar-refractivity contribution >= 4 is 75.9 Å². The van der Waals surface area contributed by atoms with Crippen molar-refractivity contribution in [2.24, 2.45) is 0 Å². The van der Waals surface area contributed by atoms with Crippen molar-refractivity contribution in [1.29, 1.82) is 0 Å². The minimum atomic E-state index is -0.765. The molecule has 0 radical (unpaired) electrons. The van der Waals surface area contributed by atoms with Gasteiger partial charge in [-0.1, -0.05) is 23.2 Å². The molecular weight excluding hydrogens is 656 g/mol. The summed E-state index contributed by atoms with van der Waals surface area (Å²) in [4.78, 5) is 41.0. The smallest absolute Gasteiger partial charge is 0.351 e. The Bertz CT molecular complexity index is 1880. The number of halogens is 3. The number of H-pyrrole nitrogens is 1. The SMILES string of the molecule is O=C(C[C@H](S)CN1CC(F)C1)N1CCN(c2ncc3ncnc(Nc4cc(Cl)c(Oc5cc[n+]6[nH]cnc6c5)c(Cl)c4)c3n2)CC1. The van der Waals surface area contributed by atoms with Crippen molar-refractivity contribution in [3.05, 3.63) is 59.4 Å². The van der Waals surface area contributed by atoms with Gasteiger partial charge in [-0.15, -0.1) is 4.52 Å². The molecule has 0 aliphatic carbocycles. The summed E-state index contributed by atoms with van der Waals surface area (Å²) < 4.78 is 20.8. The van der Waals surface area contributed by atoms with Crippen LogP contribution in [0.4, 0.5) is 21.8 Å². The summed E-state index contributed by atoms with van der Waals surface area (Å²) in [5.41, 5.74) is 2.33. The van der Waals surface area contributed by atoms with Gasteiger partial charge in [0.2, 0.25) is 18.2 Å². The van der Waals surface area contributed by atoms with Crippen LogP contribution in [0.15, 0.2) is 49.3 Å². The maximum absolute atomic E-state index is 13.1. The summed E-state index contributed by atoms with van der Waals surface area (Å²) in [6.07, 6.45) is 5.98. The average molecular weight is 686 g/mol. The first-order chi connectivity index (χ1) is 22.3. The van der Waals surface area contributed by atoms with Crippen molar-refractivity contribution in [3.8, 4) is 11.5 Å². The van der Waals surface area contributed by atoms with Gasteiger partial charge in [-0.05, 0) is 17.1 Å². The molecule has 0 spiro atoms. The molecule has 238 valence electrons. The second kappa shape index (κ2) is 13.0. The Hall–Kier alpha value is -4.05. The van der Waals surface area contributed by atoms with Gasteiger partial charge in [0, 0.05) is 69.2 Å². The van der Waals surface area contributed by atoms with E-state index in [1.807, 2.05) is 14.7 Å². The number of ether oxygens (including phenoxy) is 1. The Morgan fingerprint density at radius 3 is 2.67 bits per heavy atom. The third-order valence-corrected chi connectivity index (χ3v) is 8.76. The molecule has 2 saturated heterocycles. The fourth-order valence-corrected chi connectivity index (χ4v) is 6.43. The molecule has 17 heteroatoms. The van der Waals surface area contributed by atoms with Crippen LogP contribution in [0.2, 0.25) is 10.0 Å². The number of benzene rings is 1. The number of thiol groups is 1. The monoisotopic (exact) mass is 684 g/mol. The molecule has 0 saturated carbocycles. The number of aromatic nitrogens is 7. The summed E-state index contributed by atoms with van der Waals surface area (Å²) in [6, 6.07) is 6.90. The zero-order valence-electron chi connectivity index (χ0n) is 24.4. The van der Waals surface area contributed by atoms with Crippen molar-refractivity contribution in [1.82, 2.24) is 39.8 Å². The van der Waals surface area contributed by atoms with Crippen LogP contribution in [-0.2, 0) is 4.79 Å². The Balaban J connectivity index is 1.01. The summed E-state index contributed by atoms with van der Waals surface area (Å²) in [6.45, 7) is 3.66. The lowest BCUT2D eigenvalue weighted by Gasteiger charge is -2.37. The maximum Gasteiger partial charge on any atom is 0.351 e. The molecule has 5 aromatic rings. The number of likely N-dealkylation sites (tertiary alicyclic amines) is 1. The fourth-order valence-electron chi connectivity index (χ4n) is 5.48. The molecule has 6 heterocycles. The standard InChI is InChI=1S/C29H28Cl2FN11O2S/c30-21-7-18(8-22(31)27(21)45-19-1-2-43-24(9-19)35-16-37-43)38-28-26-23(34-15-36-28)11-33-29(39-26)42-5-3-41(4-6-42)25(44)10-20(46)14-40-12-17(32)13-40/h1-2,7-9,11,15-17,20H,3-6,10,12-14H2,(H2,34,36,38,46)/p+1/t20-/m0/s1. The van der Waals surface area contributed by atoms with Crippen LogP contribution >= 0.6 is 35.8 Å². The van der Waals surface area contributed by atoms with Crippen LogP contribution in [0.5, 0.6) is 11.5 Å². The molecule has 2 aliphatic heterocycles. The van der Waals surface area contributed by atoms with E-state index >= 15 is 0 Å². The van der Waals surface area contributed by atoms with E-state index < -0.39 is 6.17 Å². The number of alkyl halides is 1. The number of nitrogens with zero attached hydrogens (tertiary/aromatic N) is 9. The Labute approximate surface area is 278 Å². The predicted octanol–water partition coefficient (Wildman–Crippen LogP) is 3.72. The molecule has 2 N–H and O–H groups in total. The minimum absolute atomic E-state index is 0.0442. The number of rotatable bonds is 9. The number of hydrogen-bond donors (Lipinski definition) is 3. The molecular formula is C29H29Cl2FN11O2S+. The number of nitrogens with one attached hydrogen (secondary N) is 2. The second-order valence-corrected chi connectivity index (χ2v) is 12.7. The number of carbonyl (C=O) groups is 1. The zero-order chi connectivity index (χ0) is 31.8. The molecule has 1 aromatic carbocycles. The molecule has 2 fully saturated rings. The number of pyridine rings is 1. The lowest BCUT2D eigenvalue weighted by molar-refractivity contribution is -0.577. The Morgan fingerprint density at radius 1 is 1.13 bits per heavy atom. The topological polar surface area (TPSA) is 132 Å². The van der Waals surface area contributed by atoms with E-state index in [-0.39, 0.29) is 11.2 Å². The molecule has 46 heavy (non-hydrogen) atoms. The molecule has 1 atom stereocenters. The number of fused-ring (bicyclic) bond motifs is 2. The largest absolute Gasteiger partial charge is 0.454 e.